The third-order valence-corrected chi connectivity index (χ3v) is 5.66. The molecule has 2 atom stereocenters. The average molecular weight is 397 g/mol. The van der Waals surface area contributed by atoms with Crippen molar-refractivity contribution in [2.24, 2.45) is 5.41 Å². The number of esters is 2. The summed E-state index contributed by atoms with van der Waals surface area (Å²) in [6, 6.07) is 9.72. The molecule has 2 aliphatic rings. The maximum atomic E-state index is 13.8. The van der Waals surface area contributed by atoms with Crippen LogP contribution in [0.25, 0.3) is 0 Å². The second-order valence-electron chi connectivity index (χ2n) is 6.95. The lowest BCUT2D eigenvalue weighted by Crippen LogP contribution is -2.68. The van der Waals surface area contributed by atoms with Gasteiger partial charge in [0.05, 0.1) is 14.2 Å². The first-order valence-corrected chi connectivity index (χ1v) is 8.75. The molecule has 0 aromatic heterocycles. The number of halogens is 1. The number of hydrogen-bond donors (Lipinski definition) is 1. The Morgan fingerprint density at radius 3 is 2.31 bits per heavy atom. The minimum atomic E-state index is -2.43. The molecule has 0 saturated carbocycles. The number of Topliss-reactive ketones (excluding diaryl/α,β-unsaturated/α-hetero) is 2. The van der Waals surface area contributed by atoms with Crippen molar-refractivity contribution in [3.63, 3.8) is 0 Å². The number of nitrogens with one attached hydrogen (secondary N) is 1. The van der Waals surface area contributed by atoms with E-state index in [0.29, 0.717) is 5.56 Å². The molecular formula is C21H16FNO6. The van der Waals surface area contributed by atoms with E-state index >= 15 is 0 Å². The molecule has 2 aromatic rings. The van der Waals surface area contributed by atoms with Gasteiger partial charge in [0, 0.05) is 23.2 Å². The van der Waals surface area contributed by atoms with Crippen LogP contribution in [0.4, 0.5) is 10.1 Å². The molecule has 1 aliphatic heterocycles. The largest absolute Gasteiger partial charge is 0.468 e. The summed E-state index contributed by atoms with van der Waals surface area (Å²) >= 11 is 0. The molecule has 0 unspecified atom stereocenters. The van der Waals surface area contributed by atoms with Crippen molar-refractivity contribution in [2.45, 2.75) is 12.0 Å². The van der Waals surface area contributed by atoms with Gasteiger partial charge in [0.15, 0.2) is 11.2 Å². The lowest BCUT2D eigenvalue weighted by Gasteiger charge is -2.39. The highest BCUT2D eigenvalue weighted by Crippen LogP contribution is 2.52. The maximum Gasteiger partial charge on any atom is 0.341 e. The zero-order valence-electron chi connectivity index (χ0n) is 15.6. The van der Waals surface area contributed by atoms with Gasteiger partial charge in [-0.15, -0.1) is 0 Å². The fraction of sp³-hybridized carbons (Fsp3) is 0.238. The first-order valence-electron chi connectivity index (χ1n) is 8.75. The Labute approximate surface area is 164 Å². The first kappa shape index (κ1) is 18.8. The molecule has 0 fully saturated rings. The molecule has 0 bridgehead atoms. The topological polar surface area (TPSA) is 98.8 Å². The normalized spacial score (nSPS) is 24.5. The van der Waals surface area contributed by atoms with Gasteiger partial charge in [-0.1, -0.05) is 24.3 Å². The predicted molar refractivity (Wildman–Crippen MR) is 98.0 cm³/mol. The number of ether oxygens (including phenoxy) is 2. The molecule has 1 heterocycles. The third-order valence-electron chi connectivity index (χ3n) is 5.66. The van der Waals surface area contributed by atoms with Crippen LogP contribution in [0.5, 0.6) is 0 Å². The molecule has 0 amide bonds. The summed E-state index contributed by atoms with van der Waals surface area (Å²) in [5.41, 5.74) is -4.01. The van der Waals surface area contributed by atoms with E-state index in [4.69, 9.17) is 9.47 Å². The Bertz CT molecular complexity index is 1100. The number of rotatable bonds is 3. The highest BCUT2D eigenvalue weighted by molar-refractivity contribution is 6.33. The number of carbonyl (C=O) groups is 4. The Morgan fingerprint density at radius 2 is 1.66 bits per heavy atom. The number of methoxy groups -OCH3 is 2. The van der Waals surface area contributed by atoms with Gasteiger partial charge in [-0.3, -0.25) is 14.4 Å². The molecule has 4 rings (SSSR count). The highest BCUT2D eigenvalue weighted by Gasteiger charge is 2.75. The molecular weight excluding hydrogens is 381 g/mol. The van der Waals surface area contributed by atoms with Gasteiger partial charge in [-0.2, -0.15) is 0 Å². The van der Waals surface area contributed by atoms with Crippen LogP contribution < -0.4 is 5.32 Å². The summed E-state index contributed by atoms with van der Waals surface area (Å²) in [6.07, 6.45) is -0.251. The second-order valence-corrected chi connectivity index (χ2v) is 6.95. The minimum absolute atomic E-state index is 0.00701. The fourth-order valence-electron chi connectivity index (χ4n) is 4.34. The number of anilines is 1. The monoisotopic (exact) mass is 397 g/mol. The van der Waals surface area contributed by atoms with E-state index < -0.39 is 40.3 Å². The lowest BCUT2D eigenvalue weighted by atomic mass is 9.64. The molecule has 0 radical (unpaired) electrons. The van der Waals surface area contributed by atoms with Crippen LogP contribution >= 0.6 is 0 Å². The Morgan fingerprint density at radius 1 is 0.966 bits per heavy atom. The zero-order chi connectivity index (χ0) is 21.0. The molecule has 2 aromatic carbocycles. The van der Waals surface area contributed by atoms with Crippen molar-refractivity contribution in [3.05, 3.63) is 65.0 Å². The van der Waals surface area contributed by atoms with Crippen molar-refractivity contribution in [1.29, 1.82) is 0 Å². The average Bonchev–Trinajstić information content (AvgIpc) is 3.20. The highest BCUT2D eigenvalue weighted by atomic mass is 19.1. The molecule has 29 heavy (non-hydrogen) atoms. The molecule has 7 nitrogen and oxygen atoms in total. The van der Waals surface area contributed by atoms with Crippen molar-refractivity contribution < 1.29 is 33.0 Å². The molecule has 0 spiro atoms. The van der Waals surface area contributed by atoms with Gasteiger partial charge in [0.25, 0.3) is 0 Å². The molecule has 148 valence electrons. The number of hydrogen-bond acceptors (Lipinski definition) is 7. The van der Waals surface area contributed by atoms with Gasteiger partial charge in [-0.25, -0.2) is 9.18 Å². The minimum Gasteiger partial charge on any atom is -0.468 e. The maximum absolute atomic E-state index is 13.8. The summed E-state index contributed by atoms with van der Waals surface area (Å²) in [4.78, 5) is 53.1. The second kappa shape index (κ2) is 6.23. The van der Waals surface area contributed by atoms with Crippen molar-refractivity contribution >= 4 is 29.2 Å². The van der Waals surface area contributed by atoms with E-state index in [0.717, 1.165) is 26.4 Å². The Balaban J connectivity index is 2.03. The van der Waals surface area contributed by atoms with Crippen LogP contribution in [0.2, 0.25) is 0 Å². The fourth-order valence-corrected chi connectivity index (χ4v) is 4.34. The summed E-state index contributed by atoms with van der Waals surface area (Å²) in [5, 5.41) is 2.67. The van der Waals surface area contributed by atoms with Gasteiger partial charge >= 0.3 is 11.9 Å². The van der Waals surface area contributed by atoms with Crippen LogP contribution in [-0.4, -0.2) is 43.3 Å². The summed E-state index contributed by atoms with van der Waals surface area (Å²) in [5.74, 6) is -4.44. The van der Waals surface area contributed by atoms with Crippen molar-refractivity contribution in [3.8, 4) is 0 Å². The predicted octanol–water partition coefficient (Wildman–Crippen LogP) is 1.94. The van der Waals surface area contributed by atoms with Crippen LogP contribution in [0.3, 0.4) is 0 Å². The summed E-state index contributed by atoms with van der Waals surface area (Å²) in [6.45, 7) is 0. The van der Waals surface area contributed by atoms with Gasteiger partial charge in [0.1, 0.15) is 5.82 Å². The smallest absolute Gasteiger partial charge is 0.341 e. The number of fused-ring (bicyclic) bond motifs is 2. The SMILES string of the molecule is COC(=O)[C@]1([C@]2(C(=O)OC)Nc3cc(F)ccc3C2=O)Cc2ccccc2C1=O. The van der Waals surface area contributed by atoms with Crippen molar-refractivity contribution in [2.75, 3.05) is 19.5 Å². The van der Waals surface area contributed by atoms with Crippen LogP contribution in [0, 0.1) is 11.2 Å². The van der Waals surface area contributed by atoms with Crippen LogP contribution in [-0.2, 0) is 25.5 Å². The van der Waals surface area contributed by atoms with Crippen LogP contribution in [0.15, 0.2) is 42.5 Å². The van der Waals surface area contributed by atoms with E-state index in [9.17, 15) is 23.6 Å². The standard InChI is InChI=1S/C21H16FNO6/c1-28-18(26)20(10-11-5-3-4-6-13(11)16(20)24)21(19(27)29-2)17(25)14-8-7-12(22)9-15(14)23-21/h3-9,23H,10H2,1-2H3/t20-,21-/m0/s1. The Kier molecular flexibility index (Phi) is 4.04. The zero-order valence-corrected chi connectivity index (χ0v) is 15.6. The first-order chi connectivity index (χ1) is 13.8. The van der Waals surface area contributed by atoms with Gasteiger partial charge in [0.2, 0.25) is 11.3 Å². The van der Waals surface area contributed by atoms with Crippen LogP contribution in [0.1, 0.15) is 26.3 Å². The summed E-state index contributed by atoms with van der Waals surface area (Å²) in [7, 11) is 2.11. The number of benzene rings is 2. The number of carbonyl (C=O) groups excluding carboxylic acids is 4. The molecule has 8 heteroatoms. The van der Waals surface area contributed by atoms with E-state index in [1.54, 1.807) is 18.2 Å². The van der Waals surface area contributed by atoms with Gasteiger partial charge < -0.3 is 14.8 Å². The van der Waals surface area contributed by atoms with E-state index in [1.807, 2.05) is 0 Å². The van der Waals surface area contributed by atoms with E-state index in [-0.39, 0.29) is 23.2 Å². The molecule has 1 aliphatic carbocycles. The summed E-state index contributed by atoms with van der Waals surface area (Å²) < 4.78 is 23.6. The van der Waals surface area contributed by atoms with E-state index in [2.05, 4.69) is 5.32 Å². The molecule has 0 saturated heterocycles. The lowest BCUT2D eigenvalue weighted by molar-refractivity contribution is -0.160. The third kappa shape index (κ3) is 2.16. The quantitative estimate of drug-likeness (QED) is 0.624. The van der Waals surface area contributed by atoms with E-state index in [1.165, 1.54) is 12.1 Å². The number of ketones is 2. The van der Waals surface area contributed by atoms with Gasteiger partial charge in [-0.05, 0) is 23.8 Å². The Hall–Kier alpha value is -3.55. The molecule has 1 N–H and O–H groups in total. The van der Waals surface area contributed by atoms with Crippen molar-refractivity contribution in [1.82, 2.24) is 0 Å².